The van der Waals surface area contributed by atoms with Gasteiger partial charge in [0, 0.05) is 23.6 Å². The molecule has 35 heavy (non-hydrogen) atoms. The first-order valence-electron chi connectivity index (χ1n) is 12.7. The molecule has 2 rings (SSSR count). The highest BCUT2D eigenvalue weighted by Crippen LogP contribution is 2.28. The molecular weight excluding hydrogens is 448 g/mol. The number of rotatable bonds is 18. The Morgan fingerprint density at radius 1 is 0.771 bits per heavy atom. The van der Waals surface area contributed by atoms with Crippen LogP contribution in [0, 0.1) is 5.92 Å². The summed E-state index contributed by atoms with van der Waals surface area (Å²) < 4.78 is 27.7. The molecule has 1 heterocycles. The lowest BCUT2D eigenvalue weighted by Gasteiger charge is -2.29. The molecule has 0 aromatic heterocycles. The number of unbranched alkanes of at least 4 members (excludes halogenated alkanes) is 6. The molecule has 0 saturated carbocycles. The number of ether oxygens (including phenoxy) is 5. The van der Waals surface area contributed by atoms with Crippen molar-refractivity contribution < 1.29 is 33.3 Å². The van der Waals surface area contributed by atoms with Gasteiger partial charge in [-0.2, -0.15) is 0 Å². The molecule has 0 spiro atoms. The van der Waals surface area contributed by atoms with E-state index in [1.165, 1.54) is 12.2 Å². The normalized spacial score (nSPS) is 17.4. The van der Waals surface area contributed by atoms with Crippen LogP contribution in [-0.2, 0) is 28.5 Å². The number of benzene rings is 1. The van der Waals surface area contributed by atoms with E-state index >= 15 is 0 Å². The molecule has 7 nitrogen and oxygen atoms in total. The Morgan fingerprint density at radius 2 is 1.29 bits per heavy atom. The average molecular weight is 489 g/mol. The molecule has 1 aliphatic heterocycles. The summed E-state index contributed by atoms with van der Waals surface area (Å²) in [6, 6.07) is 7.89. The average Bonchev–Trinajstić information content (AvgIpc) is 2.90. The zero-order valence-corrected chi connectivity index (χ0v) is 20.8. The minimum absolute atomic E-state index is 0.324. The maximum Gasteiger partial charge on any atom is 0.330 e. The molecule has 1 fully saturated rings. The van der Waals surface area contributed by atoms with Crippen LogP contribution in [0.25, 0.3) is 0 Å². The van der Waals surface area contributed by atoms with Crippen molar-refractivity contribution in [1.82, 2.24) is 0 Å². The lowest BCUT2D eigenvalue weighted by molar-refractivity contribution is -0.206. The van der Waals surface area contributed by atoms with E-state index < -0.39 is 0 Å². The fraction of sp³-hybridized carbons (Fsp3) is 0.571. The molecule has 194 valence electrons. The molecule has 0 radical (unpaired) electrons. The van der Waals surface area contributed by atoms with E-state index in [4.69, 9.17) is 23.7 Å². The van der Waals surface area contributed by atoms with E-state index in [0.29, 0.717) is 39.0 Å². The number of carbonyl (C=O) groups is 2. The zero-order valence-electron chi connectivity index (χ0n) is 20.8. The quantitative estimate of drug-likeness (QED) is 0.149. The minimum atomic E-state index is -0.366. The third kappa shape index (κ3) is 12.6. The van der Waals surface area contributed by atoms with Crippen LogP contribution in [0.4, 0.5) is 0 Å². The van der Waals surface area contributed by atoms with E-state index in [1.54, 1.807) is 0 Å². The second-order valence-electron chi connectivity index (χ2n) is 8.64. The van der Waals surface area contributed by atoms with Crippen molar-refractivity contribution in [2.75, 3.05) is 33.0 Å². The number of hydrogen-bond acceptors (Lipinski definition) is 7. The molecule has 0 atom stereocenters. The van der Waals surface area contributed by atoms with Crippen LogP contribution >= 0.6 is 0 Å². The standard InChI is InChI=1S/C28H40O7/c1-3-26(29)32-19-11-6-5-9-13-23-21-34-28(35-22-23)24-14-16-25(17-15-24)31-18-10-7-8-12-20-33-27(30)4-2/h3-4,14-17,23,28H,1-2,5-13,18-22H2. The molecule has 0 aliphatic carbocycles. The van der Waals surface area contributed by atoms with Gasteiger partial charge in [0.1, 0.15) is 5.75 Å². The summed E-state index contributed by atoms with van der Waals surface area (Å²) >= 11 is 0. The van der Waals surface area contributed by atoms with Crippen LogP contribution in [0.3, 0.4) is 0 Å². The molecule has 0 bridgehead atoms. The molecule has 1 aromatic rings. The van der Waals surface area contributed by atoms with Crippen molar-refractivity contribution >= 4 is 11.9 Å². The van der Waals surface area contributed by atoms with E-state index in [9.17, 15) is 9.59 Å². The molecule has 0 N–H and O–H groups in total. The second-order valence-corrected chi connectivity index (χ2v) is 8.64. The molecule has 1 aromatic carbocycles. The van der Waals surface area contributed by atoms with Crippen LogP contribution in [0.5, 0.6) is 5.75 Å². The largest absolute Gasteiger partial charge is 0.494 e. The van der Waals surface area contributed by atoms with Gasteiger partial charge in [0.2, 0.25) is 0 Å². The van der Waals surface area contributed by atoms with Gasteiger partial charge in [-0.15, -0.1) is 0 Å². The van der Waals surface area contributed by atoms with Crippen molar-refractivity contribution in [2.45, 2.75) is 64.1 Å². The van der Waals surface area contributed by atoms with Crippen LogP contribution in [0.1, 0.15) is 69.6 Å². The predicted octanol–water partition coefficient (Wildman–Crippen LogP) is 5.70. The Hall–Kier alpha value is -2.64. The predicted molar refractivity (Wildman–Crippen MR) is 134 cm³/mol. The molecule has 7 heteroatoms. The fourth-order valence-corrected chi connectivity index (χ4v) is 3.72. The van der Waals surface area contributed by atoms with Crippen LogP contribution in [-0.4, -0.2) is 45.0 Å². The number of carbonyl (C=O) groups excluding carboxylic acids is 2. The molecule has 0 unspecified atom stereocenters. The molecule has 1 saturated heterocycles. The molecular formula is C28H40O7. The summed E-state index contributed by atoms with van der Waals surface area (Å²) in [6.45, 7) is 9.71. The van der Waals surface area contributed by atoms with Gasteiger partial charge >= 0.3 is 11.9 Å². The minimum Gasteiger partial charge on any atom is -0.494 e. The van der Waals surface area contributed by atoms with Gasteiger partial charge in [-0.25, -0.2) is 9.59 Å². The topological polar surface area (TPSA) is 80.3 Å². The summed E-state index contributed by atoms with van der Waals surface area (Å²) in [4.78, 5) is 21.9. The summed E-state index contributed by atoms with van der Waals surface area (Å²) in [5.41, 5.74) is 0.999. The molecule has 0 amide bonds. The van der Waals surface area contributed by atoms with Gasteiger partial charge in [-0.1, -0.05) is 44.6 Å². The van der Waals surface area contributed by atoms with Crippen molar-refractivity contribution in [3.63, 3.8) is 0 Å². The lowest BCUT2D eigenvalue weighted by atomic mass is 10.0. The van der Waals surface area contributed by atoms with Gasteiger partial charge in [0.05, 0.1) is 33.0 Å². The third-order valence-electron chi connectivity index (χ3n) is 5.75. The molecule has 1 aliphatic rings. The van der Waals surface area contributed by atoms with Crippen LogP contribution < -0.4 is 4.74 Å². The SMILES string of the molecule is C=CC(=O)OCCCCCCOc1ccc(C2OCC(CCCCCCOC(=O)C=C)CO2)cc1. The Balaban J connectivity index is 1.50. The monoisotopic (exact) mass is 488 g/mol. The Morgan fingerprint density at radius 3 is 1.83 bits per heavy atom. The first kappa shape index (κ1) is 28.6. The van der Waals surface area contributed by atoms with Crippen molar-refractivity contribution in [3.05, 3.63) is 55.1 Å². The lowest BCUT2D eigenvalue weighted by Crippen LogP contribution is -2.27. The maximum atomic E-state index is 11.0. The van der Waals surface area contributed by atoms with Crippen LogP contribution in [0.15, 0.2) is 49.6 Å². The third-order valence-corrected chi connectivity index (χ3v) is 5.75. The van der Waals surface area contributed by atoms with E-state index in [-0.39, 0.29) is 18.2 Å². The van der Waals surface area contributed by atoms with Gasteiger partial charge < -0.3 is 23.7 Å². The fourth-order valence-electron chi connectivity index (χ4n) is 3.72. The van der Waals surface area contributed by atoms with Gasteiger partial charge in [-0.3, -0.25) is 0 Å². The Labute approximate surface area is 209 Å². The maximum absolute atomic E-state index is 11.0. The summed E-state index contributed by atoms with van der Waals surface area (Å²) in [5, 5.41) is 0. The number of esters is 2. The highest BCUT2D eigenvalue weighted by Gasteiger charge is 2.23. The van der Waals surface area contributed by atoms with Crippen LogP contribution in [0.2, 0.25) is 0 Å². The van der Waals surface area contributed by atoms with Crippen molar-refractivity contribution in [1.29, 1.82) is 0 Å². The summed E-state index contributed by atoms with van der Waals surface area (Å²) in [7, 11) is 0. The van der Waals surface area contributed by atoms with E-state index in [1.807, 2.05) is 24.3 Å². The van der Waals surface area contributed by atoms with Gasteiger partial charge in [-0.05, 0) is 50.7 Å². The van der Waals surface area contributed by atoms with E-state index in [0.717, 1.165) is 69.1 Å². The van der Waals surface area contributed by atoms with Gasteiger partial charge in [0.15, 0.2) is 6.29 Å². The Bertz CT molecular complexity index is 751. The summed E-state index contributed by atoms with van der Waals surface area (Å²) in [5.74, 6) is 0.532. The van der Waals surface area contributed by atoms with E-state index in [2.05, 4.69) is 13.2 Å². The number of hydrogen-bond donors (Lipinski definition) is 0. The zero-order chi connectivity index (χ0) is 25.1. The highest BCUT2D eigenvalue weighted by molar-refractivity contribution is 5.81. The first-order chi connectivity index (χ1) is 17.1. The first-order valence-corrected chi connectivity index (χ1v) is 12.7. The van der Waals surface area contributed by atoms with Crippen molar-refractivity contribution in [3.8, 4) is 5.75 Å². The second kappa shape index (κ2) is 17.7. The Kier molecular flexibility index (Phi) is 14.5. The smallest absolute Gasteiger partial charge is 0.330 e. The van der Waals surface area contributed by atoms with Crippen molar-refractivity contribution in [2.24, 2.45) is 5.92 Å². The summed E-state index contributed by atoms with van der Waals surface area (Å²) in [6.07, 6.45) is 11.1. The van der Waals surface area contributed by atoms with Gasteiger partial charge in [0.25, 0.3) is 0 Å². The highest BCUT2D eigenvalue weighted by atomic mass is 16.7.